The van der Waals surface area contributed by atoms with Crippen molar-refractivity contribution in [2.24, 2.45) is 0 Å². The number of aromatic nitrogens is 2. The molecule has 0 atom stereocenters. The molecule has 3 rings (SSSR count). The van der Waals surface area contributed by atoms with Crippen molar-refractivity contribution in [1.82, 2.24) is 9.78 Å². The number of ether oxygens (including phenoxy) is 1. The van der Waals surface area contributed by atoms with Gasteiger partial charge in [0.2, 0.25) is 0 Å². The molecular weight excluding hydrogens is 338 g/mol. The fourth-order valence-electron chi connectivity index (χ4n) is 2.73. The van der Waals surface area contributed by atoms with Crippen molar-refractivity contribution >= 4 is 23.3 Å². The van der Waals surface area contributed by atoms with Crippen LogP contribution >= 0.6 is 11.6 Å². The Hall–Kier alpha value is -2.61. The van der Waals surface area contributed by atoms with Crippen LogP contribution in [0.2, 0.25) is 5.15 Å². The average Bonchev–Trinajstić information content (AvgIpc) is 2.90. The number of nitrogens with zero attached hydrogens (tertiary/aromatic N) is 3. The number of fused-ring (bicyclic) bond motifs is 1. The van der Waals surface area contributed by atoms with Gasteiger partial charge in [0.15, 0.2) is 12.4 Å². The number of halogens is 1. The van der Waals surface area contributed by atoms with Crippen LogP contribution in [0.25, 0.3) is 5.69 Å². The number of carbonyl (C=O) groups is 1. The summed E-state index contributed by atoms with van der Waals surface area (Å²) in [7, 11) is 0. The summed E-state index contributed by atoms with van der Waals surface area (Å²) >= 11 is 6.37. The predicted molar refractivity (Wildman–Crippen MR) is 85.0 cm³/mol. The Labute approximate surface area is 141 Å². The number of hydrogen-bond donors (Lipinski definition) is 1. The highest BCUT2D eigenvalue weighted by Gasteiger charge is 2.23. The van der Waals surface area contributed by atoms with Gasteiger partial charge in [0.25, 0.3) is 0 Å². The van der Waals surface area contributed by atoms with Crippen LogP contribution in [-0.4, -0.2) is 32.4 Å². The molecule has 0 bridgehead atoms. The second kappa shape index (κ2) is 6.48. The molecule has 0 saturated heterocycles. The Balaban J connectivity index is 2.00. The Bertz CT molecular complexity index is 818. The van der Waals surface area contributed by atoms with Crippen LogP contribution < -0.4 is 4.74 Å². The van der Waals surface area contributed by atoms with E-state index in [-0.39, 0.29) is 11.4 Å². The maximum Gasteiger partial charge on any atom is 0.341 e. The lowest BCUT2D eigenvalue weighted by Gasteiger charge is -2.08. The van der Waals surface area contributed by atoms with Crippen molar-refractivity contribution in [3.63, 3.8) is 0 Å². The standard InChI is InChI=1S/C15H14ClN3O5/c16-15-10-3-1-2-4-11(10)17-18(15)9-5-6-13(24-8-14(20)21)12(7-9)19(22)23/h5-7H,1-4,8H2,(H,20,21). The molecule has 9 heteroatoms. The lowest BCUT2D eigenvalue weighted by Crippen LogP contribution is -2.10. The first-order valence-electron chi connectivity index (χ1n) is 7.37. The van der Waals surface area contributed by atoms with Gasteiger partial charge in [-0.25, -0.2) is 9.48 Å². The summed E-state index contributed by atoms with van der Waals surface area (Å²) < 4.78 is 6.44. The molecule has 0 unspecified atom stereocenters. The van der Waals surface area contributed by atoms with Crippen LogP contribution in [0.1, 0.15) is 24.1 Å². The van der Waals surface area contributed by atoms with Gasteiger partial charge in [-0.05, 0) is 37.8 Å². The second-order valence-electron chi connectivity index (χ2n) is 5.43. The van der Waals surface area contributed by atoms with Gasteiger partial charge in [0.1, 0.15) is 5.15 Å². The largest absolute Gasteiger partial charge is 0.479 e. The maximum atomic E-state index is 11.2. The zero-order valence-corrected chi connectivity index (χ0v) is 13.3. The first kappa shape index (κ1) is 16.3. The molecule has 1 heterocycles. The summed E-state index contributed by atoms with van der Waals surface area (Å²) in [6.45, 7) is -0.656. The third-order valence-corrected chi connectivity index (χ3v) is 4.22. The van der Waals surface area contributed by atoms with Gasteiger partial charge in [0, 0.05) is 11.6 Å². The number of nitro benzene ring substituents is 1. The first-order chi connectivity index (χ1) is 11.5. The van der Waals surface area contributed by atoms with Gasteiger partial charge in [-0.1, -0.05) is 11.6 Å². The number of carboxylic acids is 1. The molecule has 2 aromatic rings. The SMILES string of the molecule is O=C(O)COc1ccc(-n2nc3c(c2Cl)CCCC3)cc1[N+](=O)[O-]. The molecule has 1 aromatic carbocycles. The van der Waals surface area contributed by atoms with Crippen molar-refractivity contribution in [2.45, 2.75) is 25.7 Å². The minimum atomic E-state index is -1.21. The van der Waals surface area contributed by atoms with E-state index in [1.807, 2.05) is 0 Å². The third-order valence-electron chi connectivity index (χ3n) is 3.83. The van der Waals surface area contributed by atoms with Crippen LogP contribution in [0, 0.1) is 10.1 Å². The molecule has 8 nitrogen and oxygen atoms in total. The predicted octanol–water partition coefficient (Wildman–Crippen LogP) is 2.78. The van der Waals surface area contributed by atoms with Crippen molar-refractivity contribution in [1.29, 1.82) is 0 Å². The molecule has 0 fully saturated rings. The number of nitro groups is 1. The summed E-state index contributed by atoms with van der Waals surface area (Å²) in [6, 6.07) is 4.20. The maximum absolute atomic E-state index is 11.2. The molecule has 24 heavy (non-hydrogen) atoms. The van der Waals surface area contributed by atoms with E-state index in [0.29, 0.717) is 10.8 Å². The van der Waals surface area contributed by atoms with E-state index in [2.05, 4.69) is 5.10 Å². The summed E-state index contributed by atoms with van der Waals surface area (Å²) in [5.74, 6) is -1.32. The molecule has 1 aliphatic carbocycles. The molecule has 0 spiro atoms. The monoisotopic (exact) mass is 351 g/mol. The van der Waals surface area contributed by atoms with Crippen molar-refractivity contribution in [3.8, 4) is 11.4 Å². The van der Waals surface area contributed by atoms with E-state index in [1.165, 1.54) is 16.8 Å². The fourth-order valence-corrected chi connectivity index (χ4v) is 3.07. The molecule has 0 saturated carbocycles. The molecule has 0 aliphatic heterocycles. The number of carboxylic acid groups (broad SMARTS) is 1. The summed E-state index contributed by atoms with van der Waals surface area (Å²) in [4.78, 5) is 21.2. The van der Waals surface area contributed by atoms with Crippen LogP contribution in [0.4, 0.5) is 5.69 Å². The zero-order valence-electron chi connectivity index (χ0n) is 12.6. The number of hydrogen-bond acceptors (Lipinski definition) is 5. The minimum absolute atomic E-state index is 0.112. The zero-order chi connectivity index (χ0) is 17.3. The van der Waals surface area contributed by atoms with Gasteiger partial charge in [-0.15, -0.1) is 0 Å². The number of aryl methyl sites for hydroxylation is 1. The Kier molecular flexibility index (Phi) is 4.39. The molecule has 126 valence electrons. The Morgan fingerprint density at radius 2 is 2.17 bits per heavy atom. The topological polar surface area (TPSA) is 107 Å². The molecule has 1 aliphatic rings. The van der Waals surface area contributed by atoms with Crippen molar-refractivity contribution in [3.05, 3.63) is 44.7 Å². The highest BCUT2D eigenvalue weighted by Crippen LogP contribution is 2.33. The van der Waals surface area contributed by atoms with Gasteiger partial charge in [-0.2, -0.15) is 5.10 Å². The van der Waals surface area contributed by atoms with E-state index < -0.39 is 17.5 Å². The van der Waals surface area contributed by atoms with Crippen molar-refractivity contribution in [2.75, 3.05) is 6.61 Å². The fraction of sp³-hybridized carbons (Fsp3) is 0.333. The highest BCUT2D eigenvalue weighted by atomic mass is 35.5. The smallest absolute Gasteiger partial charge is 0.341 e. The van der Waals surface area contributed by atoms with Crippen molar-refractivity contribution < 1.29 is 19.6 Å². The van der Waals surface area contributed by atoms with Crippen LogP contribution in [-0.2, 0) is 17.6 Å². The summed E-state index contributed by atoms with van der Waals surface area (Å²) in [6.07, 6.45) is 3.77. The van der Waals surface area contributed by atoms with E-state index in [4.69, 9.17) is 21.4 Å². The number of aliphatic carboxylic acids is 1. The number of rotatable bonds is 5. The van der Waals surface area contributed by atoms with Gasteiger partial charge < -0.3 is 9.84 Å². The molecular formula is C15H14ClN3O5. The lowest BCUT2D eigenvalue weighted by molar-refractivity contribution is -0.385. The summed E-state index contributed by atoms with van der Waals surface area (Å²) in [5, 5.41) is 24.8. The molecule has 0 amide bonds. The van der Waals surface area contributed by atoms with Crippen LogP contribution in [0.15, 0.2) is 18.2 Å². The Morgan fingerprint density at radius 3 is 2.83 bits per heavy atom. The first-order valence-corrected chi connectivity index (χ1v) is 7.75. The van der Waals surface area contributed by atoms with Gasteiger partial charge >= 0.3 is 11.7 Å². The van der Waals surface area contributed by atoms with E-state index >= 15 is 0 Å². The van der Waals surface area contributed by atoms with Crippen LogP contribution in [0.5, 0.6) is 5.75 Å². The van der Waals surface area contributed by atoms with Crippen LogP contribution in [0.3, 0.4) is 0 Å². The summed E-state index contributed by atoms with van der Waals surface area (Å²) in [5.41, 5.74) is 2.00. The molecule has 1 aromatic heterocycles. The quantitative estimate of drug-likeness (QED) is 0.655. The molecule has 1 N–H and O–H groups in total. The van der Waals surface area contributed by atoms with E-state index in [1.54, 1.807) is 6.07 Å². The normalized spacial score (nSPS) is 13.4. The van der Waals surface area contributed by atoms with E-state index in [0.717, 1.165) is 36.9 Å². The average molecular weight is 352 g/mol. The number of benzene rings is 1. The second-order valence-corrected chi connectivity index (χ2v) is 5.78. The van der Waals surface area contributed by atoms with Gasteiger partial charge in [-0.3, -0.25) is 10.1 Å². The molecule has 0 radical (unpaired) electrons. The minimum Gasteiger partial charge on any atom is -0.479 e. The Morgan fingerprint density at radius 1 is 1.42 bits per heavy atom. The van der Waals surface area contributed by atoms with E-state index in [9.17, 15) is 14.9 Å². The lowest BCUT2D eigenvalue weighted by atomic mass is 9.99. The highest BCUT2D eigenvalue weighted by molar-refractivity contribution is 6.30. The third kappa shape index (κ3) is 3.05. The van der Waals surface area contributed by atoms with Gasteiger partial charge in [0.05, 0.1) is 16.3 Å².